The number of benzene rings is 1. The summed E-state index contributed by atoms with van der Waals surface area (Å²) in [5.41, 5.74) is 1.39. The van der Waals surface area contributed by atoms with Crippen LogP contribution in [0.5, 0.6) is 0 Å². The Morgan fingerprint density at radius 2 is 2.00 bits per heavy atom. The maximum atomic E-state index is 11.1. The molecule has 0 unspecified atom stereocenters. The minimum atomic E-state index is -0.377. The van der Waals surface area contributed by atoms with Crippen molar-refractivity contribution in [1.82, 2.24) is 0 Å². The molecule has 5 nitrogen and oxygen atoms in total. The first-order chi connectivity index (χ1) is 8.72. The molecule has 18 heavy (non-hydrogen) atoms. The molecule has 0 bridgehead atoms. The van der Waals surface area contributed by atoms with Gasteiger partial charge in [-0.2, -0.15) is 0 Å². The van der Waals surface area contributed by atoms with Crippen LogP contribution < -0.4 is 4.90 Å². The number of nitro benzene ring substituents is 1. The van der Waals surface area contributed by atoms with Crippen LogP contribution in [0.15, 0.2) is 18.2 Å². The number of nitro groups is 1. The summed E-state index contributed by atoms with van der Waals surface area (Å²) in [6.45, 7) is 1.72. The molecule has 0 spiro atoms. The summed E-state index contributed by atoms with van der Waals surface area (Å²) in [6, 6.07) is 4.99. The number of rotatable bonds is 4. The number of hydrogen-bond donors (Lipinski definition) is 0. The van der Waals surface area contributed by atoms with Crippen LogP contribution in [0.4, 0.5) is 11.4 Å². The van der Waals surface area contributed by atoms with Crippen LogP contribution in [0.1, 0.15) is 24.8 Å². The highest BCUT2D eigenvalue weighted by Crippen LogP contribution is 2.31. The summed E-state index contributed by atoms with van der Waals surface area (Å²) in [5, 5.41) is 11.1. The zero-order valence-corrected chi connectivity index (χ0v) is 10.1. The molecule has 1 aromatic rings. The van der Waals surface area contributed by atoms with Crippen LogP contribution in [0, 0.1) is 10.1 Å². The van der Waals surface area contributed by atoms with Crippen molar-refractivity contribution in [2.24, 2.45) is 0 Å². The van der Waals surface area contributed by atoms with Gasteiger partial charge >= 0.3 is 0 Å². The molecular formula is C13H15N2O3. The van der Waals surface area contributed by atoms with Gasteiger partial charge in [-0.25, -0.2) is 0 Å². The fourth-order valence-electron chi connectivity index (χ4n) is 2.31. The van der Waals surface area contributed by atoms with Gasteiger partial charge in [0.15, 0.2) is 0 Å². The van der Waals surface area contributed by atoms with Crippen molar-refractivity contribution in [2.75, 3.05) is 18.0 Å². The highest BCUT2D eigenvalue weighted by molar-refractivity contribution is 5.66. The Morgan fingerprint density at radius 3 is 2.61 bits per heavy atom. The first-order valence-corrected chi connectivity index (χ1v) is 6.09. The van der Waals surface area contributed by atoms with Gasteiger partial charge in [0.2, 0.25) is 6.29 Å². The van der Waals surface area contributed by atoms with Crippen LogP contribution in [0.3, 0.4) is 0 Å². The lowest BCUT2D eigenvalue weighted by Gasteiger charge is -2.28. The zero-order valence-electron chi connectivity index (χ0n) is 10.1. The van der Waals surface area contributed by atoms with Crippen molar-refractivity contribution in [2.45, 2.75) is 25.7 Å². The van der Waals surface area contributed by atoms with Gasteiger partial charge in [-0.1, -0.05) is 6.07 Å². The van der Waals surface area contributed by atoms with Crippen molar-refractivity contribution in [1.29, 1.82) is 0 Å². The van der Waals surface area contributed by atoms with E-state index in [2.05, 4.69) is 4.90 Å². The van der Waals surface area contributed by atoms with E-state index >= 15 is 0 Å². The zero-order chi connectivity index (χ0) is 13.0. The summed E-state index contributed by atoms with van der Waals surface area (Å²) in [5.74, 6) is 0. The molecule has 0 atom stereocenters. The number of carbonyl (C=O) groups excluding carboxylic acids is 1. The molecule has 1 heterocycles. The van der Waals surface area contributed by atoms with E-state index in [1.165, 1.54) is 12.5 Å². The summed E-state index contributed by atoms with van der Waals surface area (Å²) < 4.78 is 0. The van der Waals surface area contributed by atoms with Crippen LogP contribution in [0.25, 0.3) is 0 Å². The third-order valence-electron chi connectivity index (χ3n) is 3.21. The molecule has 1 aliphatic heterocycles. The number of piperidine rings is 1. The van der Waals surface area contributed by atoms with Crippen molar-refractivity contribution >= 4 is 17.7 Å². The lowest BCUT2D eigenvalue weighted by molar-refractivity contribution is -0.384. The minimum Gasteiger partial charge on any atom is -0.366 e. The average molecular weight is 247 g/mol. The molecule has 0 saturated carbocycles. The Kier molecular flexibility index (Phi) is 3.92. The molecular weight excluding hydrogens is 232 g/mol. The van der Waals surface area contributed by atoms with E-state index < -0.39 is 0 Å². The van der Waals surface area contributed by atoms with E-state index in [0.29, 0.717) is 11.3 Å². The molecule has 1 aliphatic rings. The molecule has 95 valence electrons. The van der Waals surface area contributed by atoms with Crippen molar-refractivity contribution < 1.29 is 9.72 Å². The lowest BCUT2D eigenvalue weighted by Crippen LogP contribution is -2.29. The van der Waals surface area contributed by atoms with Gasteiger partial charge in [0.05, 0.1) is 4.92 Å². The predicted molar refractivity (Wildman–Crippen MR) is 68.6 cm³/mol. The average Bonchev–Trinajstić information content (AvgIpc) is 2.40. The molecule has 2 rings (SSSR count). The van der Waals surface area contributed by atoms with Crippen LogP contribution >= 0.6 is 0 Å². The first kappa shape index (κ1) is 12.5. The summed E-state index contributed by atoms with van der Waals surface area (Å²) in [7, 11) is 0. The molecule has 1 radical (unpaired) electrons. The van der Waals surface area contributed by atoms with E-state index in [9.17, 15) is 14.9 Å². The van der Waals surface area contributed by atoms with Crippen molar-refractivity contribution in [3.63, 3.8) is 0 Å². The SMILES string of the molecule is O=[C]Cc1ccc(N2CCCCC2)c([N+](=O)[O-])c1. The summed E-state index contributed by atoms with van der Waals surface area (Å²) >= 11 is 0. The Morgan fingerprint density at radius 1 is 1.28 bits per heavy atom. The smallest absolute Gasteiger partial charge is 0.292 e. The third kappa shape index (κ3) is 2.67. The van der Waals surface area contributed by atoms with Crippen LogP contribution in [-0.4, -0.2) is 24.3 Å². The van der Waals surface area contributed by atoms with Gasteiger partial charge in [-0.05, 0) is 30.9 Å². The van der Waals surface area contributed by atoms with Crippen molar-refractivity contribution in [3.05, 3.63) is 33.9 Å². The topological polar surface area (TPSA) is 63.5 Å². The molecule has 1 fully saturated rings. The highest BCUT2D eigenvalue weighted by Gasteiger charge is 2.21. The van der Waals surface area contributed by atoms with E-state index in [4.69, 9.17) is 0 Å². The highest BCUT2D eigenvalue weighted by atomic mass is 16.6. The second kappa shape index (κ2) is 5.62. The normalized spacial score (nSPS) is 15.4. The molecule has 0 amide bonds. The predicted octanol–water partition coefficient (Wildman–Crippen LogP) is 2.24. The van der Waals surface area contributed by atoms with Gasteiger partial charge in [-0.15, -0.1) is 0 Å². The molecule has 0 N–H and O–H groups in total. The second-order valence-corrected chi connectivity index (χ2v) is 4.45. The minimum absolute atomic E-state index is 0.0876. The maximum Gasteiger partial charge on any atom is 0.292 e. The largest absolute Gasteiger partial charge is 0.366 e. The Balaban J connectivity index is 2.33. The monoisotopic (exact) mass is 247 g/mol. The van der Waals surface area contributed by atoms with Gasteiger partial charge in [0, 0.05) is 25.6 Å². The first-order valence-electron chi connectivity index (χ1n) is 6.09. The van der Waals surface area contributed by atoms with Gasteiger partial charge in [0.1, 0.15) is 5.69 Å². The third-order valence-corrected chi connectivity index (χ3v) is 3.21. The summed E-state index contributed by atoms with van der Waals surface area (Å²) in [6.07, 6.45) is 5.19. The molecule has 5 heteroatoms. The maximum absolute atomic E-state index is 11.1. The number of nitrogens with zero attached hydrogens (tertiary/aromatic N) is 2. The standard InChI is InChI=1S/C13H15N2O3/c16-9-6-11-4-5-12(13(10-11)15(17)18)14-7-2-1-3-8-14/h4-5,10H,1-3,6-8H2. The fraction of sp³-hybridized carbons (Fsp3) is 0.462. The molecule has 0 aliphatic carbocycles. The summed E-state index contributed by atoms with van der Waals surface area (Å²) in [4.78, 5) is 23.1. The van der Waals surface area contributed by atoms with E-state index in [0.717, 1.165) is 25.9 Å². The quantitative estimate of drug-likeness (QED) is 0.604. The number of anilines is 1. The molecule has 1 aromatic carbocycles. The van der Waals surface area contributed by atoms with E-state index in [-0.39, 0.29) is 17.0 Å². The van der Waals surface area contributed by atoms with Crippen LogP contribution in [-0.2, 0) is 11.2 Å². The molecule has 0 aromatic heterocycles. The Bertz CT molecular complexity index is 454. The van der Waals surface area contributed by atoms with E-state index in [1.54, 1.807) is 18.4 Å². The lowest BCUT2D eigenvalue weighted by atomic mass is 10.1. The second-order valence-electron chi connectivity index (χ2n) is 4.45. The van der Waals surface area contributed by atoms with Gasteiger partial charge < -0.3 is 4.90 Å². The van der Waals surface area contributed by atoms with Crippen LogP contribution in [0.2, 0.25) is 0 Å². The van der Waals surface area contributed by atoms with Crippen molar-refractivity contribution in [3.8, 4) is 0 Å². The van der Waals surface area contributed by atoms with E-state index in [1.807, 2.05) is 0 Å². The fourth-order valence-corrected chi connectivity index (χ4v) is 2.31. The van der Waals surface area contributed by atoms with Gasteiger partial charge in [-0.3, -0.25) is 14.9 Å². The Hall–Kier alpha value is -1.91. The number of hydrogen-bond acceptors (Lipinski definition) is 4. The van der Waals surface area contributed by atoms with Gasteiger partial charge in [0.25, 0.3) is 5.69 Å². The molecule has 1 saturated heterocycles. The Labute approximate surface area is 106 Å².